The van der Waals surface area contributed by atoms with Gasteiger partial charge in [-0.3, -0.25) is 0 Å². The van der Waals surface area contributed by atoms with Gasteiger partial charge in [-0.1, -0.05) is 0 Å². The lowest BCUT2D eigenvalue weighted by atomic mass is 9.98. The smallest absolute Gasteiger partial charge is 0.410 e. The maximum atomic E-state index is 12.2. The topological polar surface area (TPSA) is 58.6 Å². The predicted octanol–water partition coefficient (Wildman–Crippen LogP) is 3.21. The second-order valence-electron chi connectivity index (χ2n) is 7.00. The van der Waals surface area contributed by atoms with Crippen LogP contribution < -0.4 is 4.90 Å². The molecule has 6 nitrogen and oxygen atoms in total. The summed E-state index contributed by atoms with van der Waals surface area (Å²) in [7, 11) is 1.98. The minimum Gasteiger partial charge on any atom is -0.444 e. The van der Waals surface area contributed by atoms with Gasteiger partial charge in [0.05, 0.1) is 0 Å². The number of halogens is 1. The average Bonchev–Trinajstić information content (AvgIpc) is 2.45. The number of carbonyl (C=O) groups excluding carboxylic acids is 1. The largest absolute Gasteiger partial charge is 0.444 e. The van der Waals surface area contributed by atoms with E-state index in [1.54, 1.807) is 11.1 Å². The van der Waals surface area contributed by atoms with Crippen molar-refractivity contribution in [2.45, 2.75) is 39.2 Å². The third-order valence-electron chi connectivity index (χ3n) is 3.71. The van der Waals surface area contributed by atoms with E-state index in [0.717, 1.165) is 31.7 Å². The zero-order valence-electron chi connectivity index (χ0n) is 14.3. The molecular formula is C16H25ClN4O2. The second kappa shape index (κ2) is 7.34. The van der Waals surface area contributed by atoms with Crippen molar-refractivity contribution in [2.24, 2.45) is 5.92 Å². The lowest BCUT2D eigenvalue weighted by Gasteiger charge is -2.35. The molecule has 1 aromatic heterocycles. The summed E-state index contributed by atoms with van der Waals surface area (Å²) in [5, 5.41) is 0.244. The summed E-state index contributed by atoms with van der Waals surface area (Å²) in [5.74, 6) is 1.18. The Morgan fingerprint density at radius 1 is 1.52 bits per heavy atom. The molecule has 1 aliphatic rings. The highest BCUT2D eigenvalue weighted by molar-refractivity contribution is 6.28. The minimum atomic E-state index is -0.460. The molecule has 1 fully saturated rings. The van der Waals surface area contributed by atoms with E-state index < -0.39 is 5.60 Å². The molecule has 2 heterocycles. The van der Waals surface area contributed by atoms with E-state index in [1.165, 1.54) is 0 Å². The number of ether oxygens (including phenoxy) is 1. The number of hydrogen-bond acceptors (Lipinski definition) is 5. The van der Waals surface area contributed by atoms with Crippen LogP contribution in [0.3, 0.4) is 0 Å². The van der Waals surface area contributed by atoms with Gasteiger partial charge in [0.15, 0.2) is 0 Å². The lowest BCUT2D eigenvalue weighted by molar-refractivity contribution is 0.0170. The Kier molecular flexibility index (Phi) is 5.68. The van der Waals surface area contributed by atoms with Gasteiger partial charge < -0.3 is 14.5 Å². The normalized spacial score (nSPS) is 18.7. The standard InChI is InChI=1S/C16H25ClN4O2/c1-16(2,3)23-15(22)21-9-5-6-12(11-21)10-20(4)13-7-8-18-14(17)19-13/h7-8,12H,5-6,9-11H2,1-4H3/t12-/m0/s1. The van der Waals surface area contributed by atoms with Gasteiger partial charge >= 0.3 is 6.09 Å². The number of hydrogen-bond donors (Lipinski definition) is 0. The van der Waals surface area contributed by atoms with E-state index in [4.69, 9.17) is 16.3 Å². The number of rotatable bonds is 3. The van der Waals surface area contributed by atoms with Gasteiger partial charge in [0.2, 0.25) is 5.28 Å². The van der Waals surface area contributed by atoms with E-state index in [0.29, 0.717) is 12.5 Å². The van der Waals surface area contributed by atoms with Gasteiger partial charge in [0, 0.05) is 32.9 Å². The molecule has 1 aromatic rings. The van der Waals surface area contributed by atoms with Crippen LogP contribution in [0.15, 0.2) is 12.3 Å². The van der Waals surface area contributed by atoms with Gasteiger partial charge in [-0.2, -0.15) is 0 Å². The first-order chi connectivity index (χ1) is 10.7. The number of amides is 1. The fourth-order valence-corrected chi connectivity index (χ4v) is 2.87. The van der Waals surface area contributed by atoms with Crippen LogP contribution >= 0.6 is 11.6 Å². The molecule has 2 rings (SSSR count). The van der Waals surface area contributed by atoms with Crippen molar-refractivity contribution in [2.75, 3.05) is 31.6 Å². The lowest BCUT2D eigenvalue weighted by Crippen LogP contribution is -2.45. The number of likely N-dealkylation sites (tertiary alicyclic amines) is 1. The van der Waals surface area contributed by atoms with Crippen molar-refractivity contribution in [1.29, 1.82) is 0 Å². The van der Waals surface area contributed by atoms with E-state index in [9.17, 15) is 4.79 Å². The van der Waals surface area contributed by atoms with Crippen molar-refractivity contribution < 1.29 is 9.53 Å². The monoisotopic (exact) mass is 340 g/mol. The molecule has 0 radical (unpaired) electrons. The molecule has 0 aromatic carbocycles. The molecule has 1 atom stereocenters. The summed E-state index contributed by atoms with van der Waals surface area (Å²) in [6, 6.07) is 1.83. The molecule has 1 amide bonds. The predicted molar refractivity (Wildman–Crippen MR) is 90.8 cm³/mol. The van der Waals surface area contributed by atoms with Crippen LogP contribution in [0.25, 0.3) is 0 Å². The average molecular weight is 341 g/mol. The Balaban J connectivity index is 1.92. The van der Waals surface area contributed by atoms with Crippen LogP contribution in [0.5, 0.6) is 0 Å². The number of carbonyl (C=O) groups is 1. The summed E-state index contributed by atoms with van der Waals surface area (Å²) >= 11 is 5.84. The Hall–Kier alpha value is -1.56. The molecule has 0 aliphatic carbocycles. The Bertz CT molecular complexity index is 547. The van der Waals surface area contributed by atoms with Crippen molar-refractivity contribution >= 4 is 23.5 Å². The maximum absolute atomic E-state index is 12.2. The van der Waals surface area contributed by atoms with Gasteiger partial charge in [0.25, 0.3) is 0 Å². The van der Waals surface area contributed by atoms with E-state index in [1.807, 2.05) is 33.9 Å². The molecule has 0 saturated carbocycles. The van der Waals surface area contributed by atoms with E-state index in [-0.39, 0.29) is 11.4 Å². The summed E-state index contributed by atoms with van der Waals surface area (Å²) in [4.78, 5) is 24.2. The number of nitrogens with zero attached hydrogens (tertiary/aromatic N) is 4. The summed E-state index contributed by atoms with van der Waals surface area (Å²) in [6.45, 7) is 7.94. The Labute approximate surface area is 142 Å². The molecule has 0 spiro atoms. The SMILES string of the molecule is CN(C[C@@H]1CCCN(C(=O)OC(C)(C)C)C1)c1ccnc(Cl)n1. The van der Waals surface area contributed by atoms with Gasteiger partial charge in [-0.15, -0.1) is 0 Å². The van der Waals surface area contributed by atoms with Gasteiger partial charge in [-0.05, 0) is 57.2 Å². The molecule has 128 valence electrons. The molecule has 0 N–H and O–H groups in total. The van der Waals surface area contributed by atoms with Crippen molar-refractivity contribution in [3.05, 3.63) is 17.5 Å². The molecule has 1 saturated heterocycles. The summed E-state index contributed by atoms with van der Waals surface area (Å²) in [5.41, 5.74) is -0.460. The molecule has 23 heavy (non-hydrogen) atoms. The third kappa shape index (κ3) is 5.53. The zero-order valence-corrected chi connectivity index (χ0v) is 15.0. The highest BCUT2D eigenvalue weighted by Crippen LogP contribution is 2.21. The highest BCUT2D eigenvalue weighted by atomic mass is 35.5. The molecule has 1 aliphatic heterocycles. The number of aromatic nitrogens is 2. The second-order valence-corrected chi connectivity index (χ2v) is 7.34. The van der Waals surface area contributed by atoms with Crippen LogP contribution in [0.4, 0.5) is 10.6 Å². The zero-order chi connectivity index (χ0) is 17.0. The van der Waals surface area contributed by atoms with E-state index in [2.05, 4.69) is 14.9 Å². The summed E-state index contributed by atoms with van der Waals surface area (Å²) < 4.78 is 5.47. The van der Waals surface area contributed by atoms with Gasteiger partial charge in [-0.25, -0.2) is 14.8 Å². The van der Waals surface area contributed by atoms with E-state index >= 15 is 0 Å². The Morgan fingerprint density at radius 3 is 2.91 bits per heavy atom. The first kappa shape index (κ1) is 17.8. The molecule has 0 unspecified atom stereocenters. The van der Waals surface area contributed by atoms with Crippen molar-refractivity contribution in [1.82, 2.24) is 14.9 Å². The number of anilines is 1. The first-order valence-corrected chi connectivity index (χ1v) is 8.30. The molecular weight excluding hydrogens is 316 g/mol. The minimum absolute atomic E-state index is 0.227. The molecule has 7 heteroatoms. The number of piperidine rings is 1. The summed E-state index contributed by atoms with van der Waals surface area (Å²) in [6.07, 6.45) is 3.50. The van der Waals surface area contributed by atoms with Crippen molar-refractivity contribution in [3.63, 3.8) is 0 Å². The van der Waals surface area contributed by atoms with Crippen LogP contribution in [0, 0.1) is 5.92 Å². The molecule has 0 bridgehead atoms. The maximum Gasteiger partial charge on any atom is 0.410 e. The van der Waals surface area contributed by atoms with Crippen molar-refractivity contribution in [3.8, 4) is 0 Å². The van der Waals surface area contributed by atoms with Crippen LogP contribution in [0.2, 0.25) is 5.28 Å². The fraction of sp³-hybridized carbons (Fsp3) is 0.688. The first-order valence-electron chi connectivity index (χ1n) is 7.92. The third-order valence-corrected chi connectivity index (χ3v) is 3.89. The van der Waals surface area contributed by atoms with Gasteiger partial charge in [0.1, 0.15) is 11.4 Å². The Morgan fingerprint density at radius 2 is 2.26 bits per heavy atom. The van der Waals surface area contributed by atoms with Crippen LogP contribution in [-0.4, -0.2) is 53.2 Å². The fourth-order valence-electron chi connectivity index (χ4n) is 2.73. The van der Waals surface area contributed by atoms with Crippen LogP contribution in [0.1, 0.15) is 33.6 Å². The van der Waals surface area contributed by atoms with Crippen LogP contribution in [-0.2, 0) is 4.74 Å². The highest BCUT2D eigenvalue weighted by Gasteiger charge is 2.28. The quantitative estimate of drug-likeness (QED) is 0.791.